The maximum Gasteiger partial charge on any atom is 0.224 e. The summed E-state index contributed by atoms with van der Waals surface area (Å²) < 4.78 is 20.9. The van der Waals surface area contributed by atoms with Crippen LogP contribution in [-0.2, 0) is 11.4 Å². The number of nitrogens with zero attached hydrogens (tertiary/aromatic N) is 5. The molecule has 3 aromatic rings. The number of halogens is 1. The number of aromatic nitrogens is 3. The molecule has 0 radical (unpaired) electrons. The molecule has 4 aliphatic rings. The van der Waals surface area contributed by atoms with Crippen LogP contribution in [0.2, 0.25) is 0 Å². The van der Waals surface area contributed by atoms with Gasteiger partial charge in [-0.25, -0.2) is 9.07 Å². The standard InChI is InChI=1S/C33H36FN5O3/c34-25-10-5-22(6-11-25)7-14-31(40)23-8-12-28(13-9-23)42-21-26-20-39(36-35-26)27-17-30-29-4-2-16-37-15-1-3-24(33(29)37)19-38(30)32(41)18-27/h5-14,20,24,27,29-30,33H,1-4,15-19,21H2/b14-7+/t24-,27+,29+,30+,33-/m0/s1. The number of allylic oxidation sites excluding steroid dienone is 1. The largest absolute Gasteiger partial charge is 0.487 e. The van der Waals surface area contributed by atoms with E-state index in [1.165, 1.54) is 57.0 Å². The molecule has 5 heterocycles. The second kappa shape index (κ2) is 11.4. The van der Waals surface area contributed by atoms with Crippen molar-refractivity contribution in [2.45, 2.75) is 63.3 Å². The van der Waals surface area contributed by atoms with Crippen LogP contribution in [0.5, 0.6) is 5.75 Å². The molecule has 8 nitrogen and oxygen atoms in total. The molecule has 1 amide bonds. The van der Waals surface area contributed by atoms with E-state index in [-0.39, 0.29) is 36.2 Å². The lowest BCUT2D eigenvalue weighted by molar-refractivity contribution is -0.153. The fourth-order valence-corrected chi connectivity index (χ4v) is 7.74. The highest BCUT2D eigenvalue weighted by molar-refractivity contribution is 6.06. The summed E-state index contributed by atoms with van der Waals surface area (Å²) in [5.74, 6) is 1.61. The highest BCUT2D eigenvalue weighted by Gasteiger charge is 2.52. The number of fused-ring (bicyclic) bond motifs is 2. The van der Waals surface area contributed by atoms with E-state index in [1.54, 1.807) is 42.5 Å². The number of carbonyl (C=O) groups excluding carboxylic acids is 2. The number of hydrogen-bond acceptors (Lipinski definition) is 6. The molecule has 42 heavy (non-hydrogen) atoms. The van der Waals surface area contributed by atoms with Gasteiger partial charge in [0.2, 0.25) is 5.91 Å². The van der Waals surface area contributed by atoms with Crippen molar-refractivity contribution in [3.05, 3.63) is 83.4 Å². The van der Waals surface area contributed by atoms with Crippen molar-refractivity contribution in [3.8, 4) is 5.75 Å². The number of piperidine rings is 4. The van der Waals surface area contributed by atoms with Crippen molar-refractivity contribution in [1.29, 1.82) is 0 Å². The molecule has 0 saturated carbocycles. The quantitative estimate of drug-likeness (QED) is 0.297. The topological polar surface area (TPSA) is 80.6 Å². The van der Waals surface area contributed by atoms with Gasteiger partial charge in [0.25, 0.3) is 0 Å². The predicted octanol–water partition coefficient (Wildman–Crippen LogP) is 4.93. The minimum absolute atomic E-state index is 0.0174. The molecule has 0 spiro atoms. The molecular weight excluding hydrogens is 533 g/mol. The number of hydrogen-bond donors (Lipinski definition) is 0. The van der Waals surface area contributed by atoms with Gasteiger partial charge < -0.3 is 9.64 Å². The van der Waals surface area contributed by atoms with Gasteiger partial charge in [-0.1, -0.05) is 23.4 Å². The SMILES string of the molecule is O=C(/C=C/c1ccc(F)cc1)c1ccc(OCc2cn([C@H]3CC(=O)N4C[C@@H]5CCCN6CCC[C@@H]([C@H]56)[C@H]4C3)nn2)cc1. The number of ether oxygens (including phenoxy) is 1. The van der Waals surface area contributed by atoms with Crippen LogP contribution >= 0.6 is 0 Å². The average molecular weight is 570 g/mol. The van der Waals surface area contributed by atoms with Crippen molar-refractivity contribution >= 4 is 17.8 Å². The zero-order chi connectivity index (χ0) is 28.6. The lowest BCUT2D eigenvalue weighted by Crippen LogP contribution is -2.67. The Morgan fingerprint density at radius 2 is 1.83 bits per heavy atom. The third kappa shape index (κ3) is 5.38. The van der Waals surface area contributed by atoms with Gasteiger partial charge in [-0.2, -0.15) is 0 Å². The molecule has 0 N–H and O–H groups in total. The van der Waals surface area contributed by atoms with Gasteiger partial charge in [0.15, 0.2) is 5.78 Å². The van der Waals surface area contributed by atoms with E-state index in [4.69, 9.17) is 4.74 Å². The highest BCUT2D eigenvalue weighted by Crippen LogP contribution is 2.46. The first kappa shape index (κ1) is 27.0. The van der Waals surface area contributed by atoms with Crippen LogP contribution in [0.15, 0.2) is 60.8 Å². The lowest BCUT2D eigenvalue weighted by atomic mass is 9.67. The van der Waals surface area contributed by atoms with Crippen molar-refractivity contribution < 1.29 is 18.7 Å². The Morgan fingerprint density at radius 3 is 2.64 bits per heavy atom. The molecule has 5 atom stereocenters. The Balaban J connectivity index is 0.960. The molecule has 2 aromatic carbocycles. The fourth-order valence-electron chi connectivity index (χ4n) is 7.74. The first-order chi connectivity index (χ1) is 20.5. The maximum atomic E-state index is 13.4. The summed E-state index contributed by atoms with van der Waals surface area (Å²) in [5.41, 5.74) is 1.99. The van der Waals surface area contributed by atoms with Crippen molar-refractivity contribution in [2.24, 2.45) is 11.8 Å². The average Bonchev–Trinajstić information content (AvgIpc) is 3.50. The van der Waals surface area contributed by atoms with Crippen molar-refractivity contribution in [2.75, 3.05) is 19.6 Å². The van der Waals surface area contributed by atoms with Crippen LogP contribution in [-0.4, -0.2) is 68.2 Å². The van der Waals surface area contributed by atoms with Crippen LogP contribution in [0.3, 0.4) is 0 Å². The summed E-state index contributed by atoms with van der Waals surface area (Å²) in [6.45, 7) is 3.58. The third-order valence-corrected chi connectivity index (χ3v) is 9.67. The molecular formula is C33H36FN5O3. The Labute approximate surface area is 245 Å². The molecule has 0 aliphatic carbocycles. The van der Waals surface area contributed by atoms with E-state index in [0.717, 1.165) is 18.5 Å². The van der Waals surface area contributed by atoms with Gasteiger partial charge in [-0.15, -0.1) is 5.10 Å². The normalized spacial score (nSPS) is 27.5. The number of amides is 1. The van der Waals surface area contributed by atoms with Gasteiger partial charge in [-0.3, -0.25) is 14.5 Å². The summed E-state index contributed by atoms with van der Waals surface area (Å²) in [6, 6.07) is 13.9. The predicted molar refractivity (Wildman–Crippen MR) is 155 cm³/mol. The molecule has 9 heteroatoms. The van der Waals surface area contributed by atoms with Gasteiger partial charge >= 0.3 is 0 Å². The van der Waals surface area contributed by atoms with Crippen LogP contribution in [0.4, 0.5) is 4.39 Å². The third-order valence-electron chi connectivity index (χ3n) is 9.67. The van der Waals surface area contributed by atoms with Crippen LogP contribution in [0, 0.1) is 17.7 Å². The molecule has 4 fully saturated rings. The van der Waals surface area contributed by atoms with Gasteiger partial charge in [0, 0.05) is 30.6 Å². The molecule has 4 aliphatic heterocycles. The first-order valence-electron chi connectivity index (χ1n) is 15.2. The summed E-state index contributed by atoms with van der Waals surface area (Å²) in [7, 11) is 0. The van der Waals surface area contributed by atoms with Gasteiger partial charge in [0.05, 0.1) is 12.2 Å². The van der Waals surface area contributed by atoms with E-state index < -0.39 is 0 Å². The minimum atomic E-state index is -0.311. The van der Waals surface area contributed by atoms with Crippen LogP contribution in [0.1, 0.15) is 66.2 Å². The molecule has 0 unspecified atom stereocenters. The second-order valence-electron chi connectivity index (χ2n) is 12.2. The monoisotopic (exact) mass is 569 g/mol. The highest BCUT2D eigenvalue weighted by atomic mass is 19.1. The maximum absolute atomic E-state index is 13.4. The number of ketones is 1. The van der Waals surface area contributed by atoms with E-state index in [0.29, 0.717) is 41.3 Å². The fraction of sp³-hybridized carbons (Fsp3) is 0.455. The Hall–Kier alpha value is -3.85. The minimum Gasteiger partial charge on any atom is -0.487 e. The van der Waals surface area contributed by atoms with E-state index in [1.807, 2.05) is 10.9 Å². The first-order valence-corrected chi connectivity index (χ1v) is 15.2. The summed E-state index contributed by atoms with van der Waals surface area (Å²) in [5, 5.41) is 8.74. The van der Waals surface area contributed by atoms with Crippen LogP contribution < -0.4 is 4.74 Å². The van der Waals surface area contributed by atoms with Crippen molar-refractivity contribution in [3.63, 3.8) is 0 Å². The summed E-state index contributed by atoms with van der Waals surface area (Å²) >= 11 is 0. The van der Waals surface area contributed by atoms with E-state index >= 15 is 0 Å². The molecule has 4 saturated heterocycles. The lowest BCUT2D eigenvalue weighted by Gasteiger charge is -2.59. The number of benzene rings is 2. The zero-order valence-electron chi connectivity index (χ0n) is 23.6. The number of carbonyl (C=O) groups is 2. The number of rotatable bonds is 7. The van der Waals surface area contributed by atoms with Crippen molar-refractivity contribution in [1.82, 2.24) is 24.8 Å². The molecule has 1 aromatic heterocycles. The van der Waals surface area contributed by atoms with E-state index in [9.17, 15) is 14.0 Å². The zero-order valence-corrected chi connectivity index (χ0v) is 23.6. The van der Waals surface area contributed by atoms with Gasteiger partial charge in [-0.05, 0) is 105 Å². The Kier molecular flexibility index (Phi) is 7.36. The summed E-state index contributed by atoms with van der Waals surface area (Å²) in [6.07, 6.45) is 11.4. The second-order valence-corrected chi connectivity index (χ2v) is 12.2. The Bertz CT molecular complexity index is 1470. The smallest absolute Gasteiger partial charge is 0.224 e. The van der Waals surface area contributed by atoms with E-state index in [2.05, 4.69) is 20.1 Å². The molecule has 7 rings (SSSR count). The summed E-state index contributed by atoms with van der Waals surface area (Å²) in [4.78, 5) is 30.8. The van der Waals surface area contributed by atoms with Gasteiger partial charge in [0.1, 0.15) is 23.9 Å². The Morgan fingerprint density at radius 1 is 1.05 bits per heavy atom. The molecule has 0 bridgehead atoms. The molecule has 218 valence electrons. The van der Waals surface area contributed by atoms with Crippen LogP contribution in [0.25, 0.3) is 6.08 Å².